The Kier molecular flexibility index (Phi) is 5.16. The minimum Gasteiger partial charge on any atom is -0.484 e. The van der Waals surface area contributed by atoms with E-state index in [2.05, 4.69) is 6.92 Å². The van der Waals surface area contributed by atoms with Crippen LogP contribution in [0.25, 0.3) is 0 Å². The van der Waals surface area contributed by atoms with Crippen molar-refractivity contribution >= 4 is 11.9 Å². The summed E-state index contributed by atoms with van der Waals surface area (Å²) in [6.45, 7) is 2.65. The monoisotopic (exact) mass is 293 g/mol. The van der Waals surface area contributed by atoms with Crippen LogP contribution in [0.3, 0.4) is 0 Å². The van der Waals surface area contributed by atoms with Gasteiger partial charge in [0, 0.05) is 6.54 Å². The summed E-state index contributed by atoms with van der Waals surface area (Å²) in [6.07, 6.45) is -0.00430. The molecule has 0 radical (unpaired) electrons. The fourth-order valence-corrected chi connectivity index (χ4v) is 2.08. The number of carboxylic acids is 1. The number of benzene rings is 1. The van der Waals surface area contributed by atoms with E-state index in [9.17, 15) is 9.59 Å². The normalized spacial score (nSPS) is 18.3. The van der Waals surface area contributed by atoms with E-state index in [1.54, 1.807) is 0 Å². The highest BCUT2D eigenvalue weighted by atomic mass is 16.5. The molecule has 6 nitrogen and oxygen atoms in total. The summed E-state index contributed by atoms with van der Waals surface area (Å²) in [5, 5.41) is 8.90. The van der Waals surface area contributed by atoms with Crippen molar-refractivity contribution < 1.29 is 24.2 Å². The molecule has 21 heavy (non-hydrogen) atoms. The molecular weight excluding hydrogens is 274 g/mol. The van der Waals surface area contributed by atoms with E-state index in [-0.39, 0.29) is 25.7 Å². The Hall–Kier alpha value is -2.08. The summed E-state index contributed by atoms with van der Waals surface area (Å²) in [7, 11) is 0. The zero-order chi connectivity index (χ0) is 15.2. The standard InChI is InChI=1S/C15H19NO5/c1-2-11-3-5-12(6-4-11)21-10-14(17)16-7-8-20-13(9-16)15(18)19/h3-6,13H,2,7-10H2,1H3,(H,18,19)/t13-/m0/s1. The van der Waals surface area contributed by atoms with E-state index in [1.807, 2.05) is 24.3 Å². The van der Waals surface area contributed by atoms with E-state index >= 15 is 0 Å². The maximum atomic E-state index is 12.0. The lowest BCUT2D eigenvalue weighted by Gasteiger charge is -2.30. The number of amides is 1. The number of aliphatic carboxylic acids is 1. The summed E-state index contributed by atoms with van der Waals surface area (Å²) >= 11 is 0. The van der Waals surface area contributed by atoms with Crippen LogP contribution >= 0.6 is 0 Å². The Morgan fingerprint density at radius 1 is 1.38 bits per heavy atom. The molecule has 1 N–H and O–H groups in total. The maximum absolute atomic E-state index is 12.0. The molecule has 1 aromatic rings. The molecule has 1 amide bonds. The van der Waals surface area contributed by atoms with Gasteiger partial charge in [0.1, 0.15) is 5.75 Å². The molecule has 0 spiro atoms. The van der Waals surface area contributed by atoms with Crippen molar-refractivity contribution in [1.82, 2.24) is 4.90 Å². The first-order chi connectivity index (χ1) is 10.1. The van der Waals surface area contributed by atoms with Gasteiger partial charge < -0.3 is 19.5 Å². The second-order valence-electron chi connectivity index (χ2n) is 4.82. The summed E-state index contributed by atoms with van der Waals surface area (Å²) in [5.41, 5.74) is 1.20. The van der Waals surface area contributed by atoms with Gasteiger partial charge in [-0.1, -0.05) is 19.1 Å². The van der Waals surface area contributed by atoms with Crippen LogP contribution in [0.5, 0.6) is 5.75 Å². The number of ether oxygens (including phenoxy) is 2. The maximum Gasteiger partial charge on any atom is 0.334 e. The van der Waals surface area contributed by atoms with E-state index in [0.717, 1.165) is 6.42 Å². The van der Waals surface area contributed by atoms with Crippen molar-refractivity contribution in [3.63, 3.8) is 0 Å². The van der Waals surface area contributed by atoms with Gasteiger partial charge in [-0.3, -0.25) is 4.79 Å². The molecule has 0 aliphatic carbocycles. The van der Waals surface area contributed by atoms with Crippen LogP contribution in [-0.2, 0) is 20.7 Å². The van der Waals surface area contributed by atoms with E-state index in [0.29, 0.717) is 12.3 Å². The predicted octanol–water partition coefficient (Wildman–Crippen LogP) is 0.940. The minimum atomic E-state index is -1.05. The number of carbonyl (C=O) groups is 2. The molecular formula is C15H19NO5. The summed E-state index contributed by atoms with van der Waals surface area (Å²) < 4.78 is 10.5. The van der Waals surface area contributed by atoms with Gasteiger partial charge in [-0.15, -0.1) is 0 Å². The highest BCUT2D eigenvalue weighted by molar-refractivity contribution is 5.79. The average Bonchev–Trinajstić information content (AvgIpc) is 2.53. The topological polar surface area (TPSA) is 76.1 Å². The first-order valence-corrected chi connectivity index (χ1v) is 6.94. The molecule has 1 aromatic carbocycles. The van der Waals surface area contributed by atoms with Crippen LogP contribution in [-0.4, -0.2) is 54.3 Å². The Morgan fingerprint density at radius 2 is 2.10 bits per heavy atom. The number of rotatable bonds is 5. The van der Waals surface area contributed by atoms with Crippen molar-refractivity contribution in [2.45, 2.75) is 19.4 Å². The average molecular weight is 293 g/mol. The largest absolute Gasteiger partial charge is 0.484 e. The molecule has 0 saturated carbocycles. The Labute approximate surface area is 123 Å². The lowest BCUT2D eigenvalue weighted by Crippen LogP contribution is -2.49. The molecule has 1 heterocycles. The summed E-state index contributed by atoms with van der Waals surface area (Å²) in [5.74, 6) is -0.656. The number of hydrogen-bond donors (Lipinski definition) is 1. The van der Waals surface area contributed by atoms with Crippen LogP contribution in [0.4, 0.5) is 0 Å². The summed E-state index contributed by atoms with van der Waals surface area (Å²) in [6, 6.07) is 7.56. The van der Waals surface area contributed by atoms with Gasteiger partial charge in [-0.2, -0.15) is 0 Å². The molecule has 1 saturated heterocycles. The van der Waals surface area contributed by atoms with E-state index < -0.39 is 12.1 Å². The van der Waals surface area contributed by atoms with Crippen LogP contribution in [0, 0.1) is 0 Å². The van der Waals surface area contributed by atoms with Crippen LogP contribution in [0.2, 0.25) is 0 Å². The third-order valence-corrected chi connectivity index (χ3v) is 3.39. The van der Waals surface area contributed by atoms with Crippen LogP contribution in [0.15, 0.2) is 24.3 Å². The lowest BCUT2D eigenvalue weighted by molar-refractivity contribution is -0.159. The molecule has 0 bridgehead atoms. The first-order valence-electron chi connectivity index (χ1n) is 6.94. The van der Waals surface area contributed by atoms with Crippen LogP contribution in [0.1, 0.15) is 12.5 Å². The van der Waals surface area contributed by atoms with Gasteiger partial charge in [0.2, 0.25) is 0 Å². The number of aryl methyl sites for hydroxylation is 1. The number of hydrogen-bond acceptors (Lipinski definition) is 4. The molecule has 2 rings (SSSR count). The SMILES string of the molecule is CCc1ccc(OCC(=O)N2CCO[C@H](C(=O)O)C2)cc1. The van der Waals surface area contributed by atoms with Crippen molar-refractivity contribution in [2.24, 2.45) is 0 Å². The van der Waals surface area contributed by atoms with Gasteiger partial charge in [0.15, 0.2) is 12.7 Å². The van der Waals surface area contributed by atoms with Crippen molar-refractivity contribution in [1.29, 1.82) is 0 Å². The van der Waals surface area contributed by atoms with Crippen LogP contribution < -0.4 is 4.74 Å². The van der Waals surface area contributed by atoms with Gasteiger partial charge >= 0.3 is 5.97 Å². The molecule has 1 aliphatic heterocycles. The van der Waals surface area contributed by atoms with Crippen molar-refractivity contribution in [2.75, 3.05) is 26.3 Å². The fourth-order valence-electron chi connectivity index (χ4n) is 2.08. The van der Waals surface area contributed by atoms with E-state index in [4.69, 9.17) is 14.6 Å². The zero-order valence-electron chi connectivity index (χ0n) is 11.9. The zero-order valence-corrected chi connectivity index (χ0v) is 11.9. The first kappa shape index (κ1) is 15.3. The highest BCUT2D eigenvalue weighted by Crippen LogP contribution is 2.13. The Balaban J connectivity index is 1.84. The number of carboxylic acid groups (broad SMARTS) is 1. The molecule has 6 heteroatoms. The smallest absolute Gasteiger partial charge is 0.334 e. The molecule has 0 aromatic heterocycles. The van der Waals surface area contributed by atoms with Gasteiger partial charge in [0.05, 0.1) is 13.2 Å². The quantitative estimate of drug-likeness (QED) is 0.874. The van der Waals surface area contributed by atoms with Gasteiger partial charge in [-0.25, -0.2) is 4.79 Å². The molecule has 0 unspecified atom stereocenters. The summed E-state index contributed by atoms with van der Waals surface area (Å²) in [4.78, 5) is 24.3. The Bertz CT molecular complexity index is 499. The number of morpholine rings is 1. The third kappa shape index (κ3) is 4.19. The van der Waals surface area contributed by atoms with E-state index in [1.165, 1.54) is 10.5 Å². The number of nitrogens with zero attached hydrogens (tertiary/aromatic N) is 1. The van der Waals surface area contributed by atoms with Gasteiger partial charge in [0.25, 0.3) is 5.91 Å². The molecule has 1 atom stereocenters. The number of carbonyl (C=O) groups excluding carboxylic acids is 1. The van der Waals surface area contributed by atoms with Gasteiger partial charge in [-0.05, 0) is 24.1 Å². The van der Waals surface area contributed by atoms with Crippen molar-refractivity contribution in [3.8, 4) is 5.75 Å². The molecule has 114 valence electrons. The molecule has 1 fully saturated rings. The Morgan fingerprint density at radius 3 is 2.71 bits per heavy atom. The second-order valence-corrected chi connectivity index (χ2v) is 4.82. The van der Waals surface area contributed by atoms with Crippen molar-refractivity contribution in [3.05, 3.63) is 29.8 Å². The lowest BCUT2D eigenvalue weighted by atomic mass is 10.2. The fraction of sp³-hybridized carbons (Fsp3) is 0.467. The minimum absolute atomic E-state index is 0.0618. The highest BCUT2D eigenvalue weighted by Gasteiger charge is 2.28. The predicted molar refractivity (Wildman–Crippen MR) is 75.3 cm³/mol. The third-order valence-electron chi connectivity index (χ3n) is 3.39. The molecule has 1 aliphatic rings. The second kappa shape index (κ2) is 7.08.